The van der Waals surface area contributed by atoms with Gasteiger partial charge in [-0.15, -0.1) is 0 Å². The maximum absolute atomic E-state index is 6.57. The van der Waals surface area contributed by atoms with Gasteiger partial charge >= 0.3 is 0 Å². The van der Waals surface area contributed by atoms with Crippen LogP contribution in [0.4, 0.5) is 17.1 Å². The smallest absolute Gasteiger partial charge is 0.137 e. The first kappa shape index (κ1) is 25.4. The molecule has 0 saturated heterocycles. The number of benzene rings is 7. The van der Waals surface area contributed by atoms with Crippen LogP contribution < -0.4 is 4.90 Å². The second kappa shape index (κ2) is 10.3. The van der Waals surface area contributed by atoms with Crippen LogP contribution in [0.5, 0.6) is 0 Å². The largest absolute Gasteiger partial charge is 0.456 e. The van der Waals surface area contributed by atoms with E-state index in [1.165, 1.54) is 5.56 Å². The summed E-state index contributed by atoms with van der Waals surface area (Å²) in [6.07, 6.45) is 0. The predicted octanol–water partition coefficient (Wildman–Crippen LogP) is 12.3. The lowest BCUT2D eigenvalue weighted by Crippen LogP contribution is -2.11. The van der Waals surface area contributed by atoms with Crippen LogP contribution in [0.2, 0.25) is 0 Å². The average molecular weight is 578 g/mol. The quantitative estimate of drug-likeness (QED) is 0.204. The molecule has 0 bridgehead atoms. The molecule has 2 heterocycles. The lowest BCUT2D eigenvalue weighted by atomic mass is 10.0. The van der Waals surface area contributed by atoms with E-state index in [1.807, 2.05) is 18.2 Å². The summed E-state index contributed by atoms with van der Waals surface area (Å²) in [5, 5.41) is 4.31. The van der Waals surface area contributed by atoms with E-state index in [9.17, 15) is 0 Å². The highest BCUT2D eigenvalue weighted by Crippen LogP contribution is 2.47. The van der Waals surface area contributed by atoms with Gasteiger partial charge in [0.05, 0.1) is 22.1 Å². The van der Waals surface area contributed by atoms with Gasteiger partial charge in [0.25, 0.3) is 0 Å². The molecule has 9 rings (SSSR count). The lowest BCUT2D eigenvalue weighted by molar-refractivity contribution is 0.669. The van der Waals surface area contributed by atoms with Crippen molar-refractivity contribution in [2.75, 3.05) is 4.90 Å². The molecule has 0 amide bonds. The van der Waals surface area contributed by atoms with Gasteiger partial charge in [0.2, 0.25) is 0 Å². The van der Waals surface area contributed by atoms with Gasteiger partial charge in [-0.2, -0.15) is 0 Å². The molecule has 3 nitrogen and oxygen atoms in total. The summed E-state index contributed by atoms with van der Waals surface area (Å²) < 4.78 is 12.9. The molecule has 212 valence electrons. The number of anilines is 3. The standard InChI is InChI=1S/C42H27NO2/c1-3-12-28(13-4-1)30-16-9-17-32(26-30)43(35-19-10-22-38-41(35)33-18-7-8-21-37(33)44-38)36-20-11-23-39-42(36)34-25-24-31(27-40(34)45-39)29-14-5-2-6-15-29/h1-27H. The van der Waals surface area contributed by atoms with Crippen molar-refractivity contribution in [2.24, 2.45) is 0 Å². The Kier molecular flexibility index (Phi) is 5.82. The van der Waals surface area contributed by atoms with Crippen molar-refractivity contribution >= 4 is 60.9 Å². The van der Waals surface area contributed by atoms with Gasteiger partial charge < -0.3 is 13.7 Å². The van der Waals surface area contributed by atoms with E-state index >= 15 is 0 Å². The number of hydrogen-bond acceptors (Lipinski definition) is 3. The van der Waals surface area contributed by atoms with Gasteiger partial charge in [-0.1, -0.05) is 109 Å². The van der Waals surface area contributed by atoms with Crippen molar-refractivity contribution in [1.29, 1.82) is 0 Å². The molecule has 0 atom stereocenters. The molecule has 0 aliphatic carbocycles. The number of hydrogen-bond donors (Lipinski definition) is 0. The first-order valence-corrected chi connectivity index (χ1v) is 15.2. The van der Waals surface area contributed by atoms with Crippen LogP contribution in [0, 0.1) is 0 Å². The normalized spacial score (nSPS) is 11.6. The molecule has 0 aliphatic heterocycles. The summed E-state index contributed by atoms with van der Waals surface area (Å²) in [7, 11) is 0. The first-order chi connectivity index (χ1) is 22.3. The van der Waals surface area contributed by atoms with Crippen LogP contribution in [-0.4, -0.2) is 0 Å². The number of rotatable bonds is 5. The highest BCUT2D eigenvalue weighted by atomic mass is 16.3. The highest BCUT2D eigenvalue weighted by molar-refractivity contribution is 6.18. The monoisotopic (exact) mass is 577 g/mol. The number of para-hydroxylation sites is 1. The molecule has 0 aliphatic rings. The predicted molar refractivity (Wildman–Crippen MR) is 187 cm³/mol. The summed E-state index contributed by atoms with van der Waals surface area (Å²) in [6, 6.07) is 57.2. The van der Waals surface area contributed by atoms with Crippen molar-refractivity contribution < 1.29 is 8.83 Å². The van der Waals surface area contributed by atoms with Crippen molar-refractivity contribution in [3.63, 3.8) is 0 Å². The van der Waals surface area contributed by atoms with E-state index in [0.29, 0.717) is 0 Å². The third kappa shape index (κ3) is 4.21. The summed E-state index contributed by atoms with van der Waals surface area (Å²) in [5.41, 5.74) is 11.2. The van der Waals surface area contributed by atoms with Crippen LogP contribution in [0.1, 0.15) is 0 Å². The molecular formula is C42H27NO2. The molecule has 7 aromatic carbocycles. The van der Waals surface area contributed by atoms with E-state index < -0.39 is 0 Å². The molecule has 45 heavy (non-hydrogen) atoms. The zero-order valence-electron chi connectivity index (χ0n) is 24.4. The van der Waals surface area contributed by atoms with Gasteiger partial charge in [0.15, 0.2) is 0 Å². The molecule has 0 saturated carbocycles. The van der Waals surface area contributed by atoms with E-state index in [4.69, 9.17) is 8.83 Å². The van der Waals surface area contributed by atoms with Crippen molar-refractivity contribution in [3.05, 3.63) is 164 Å². The first-order valence-electron chi connectivity index (χ1n) is 15.2. The number of nitrogens with zero attached hydrogens (tertiary/aromatic N) is 1. The van der Waals surface area contributed by atoms with Gasteiger partial charge in [0, 0.05) is 16.5 Å². The van der Waals surface area contributed by atoms with Crippen LogP contribution in [0.15, 0.2) is 173 Å². The Bertz CT molecular complexity index is 2490. The molecule has 0 spiro atoms. The molecule has 0 N–H and O–H groups in total. The van der Waals surface area contributed by atoms with E-state index in [0.717, 1.165) is 77.6 Å². The average Bonchev–Trinajstić information content (AvgIpc) is 3.68. The van der Waals surface area contributed by atoms with Crippen molar-refractivity contribution in [2.45, 2.75) is 0 Å². The second-order valence-electron chi connectivity index (χ2n) is 11.3. The van der Waals surface area contributed by atoms with Gasteiger partial charge in [-0.05, 0) is 76.9 Å². The Morgan fingerprint density at radius 2 is 0.844 bits per heavy atom. The van der Waals surface area contributed by atoms with Crippen molar-refractivity contribution in [1.82, 2.24) is 0 Å². The molecule has 0 fully saturated rings. The molecule has 0 radical (unpaired) electrons. The number of furan rings is 2. The SMILES string of the molecule is c1ccc(-c2cccc(N(c3cccc4oc5ccccc5c34)c3cccc4oc5cc(-c6ccccc6)ccc5c34)c2)cc1. The van der Waals surface area contributed by atoms with Gasteiger partial charge in [0.1, 0.15) is 22.3 Å². The van der Waals surface area contributed by atoms with E-state index in [-0.39, 0.29) is 0 Å². The van der Waals surface area contributed by atoms with Crippen molar-refractivity contribution in [3.8, 4) is 22.3 Å². The Balaban J connectivity index is 1.33. The van der Waals surface area contributed by atoms with Crippen LogP contribution in [0.25, 0.3) is 66.1 Å². The third-order valence-corrected chi connectivity index (χ3v) is 8.66. The van der Waals surface area contributed by atoms with Gasteiger partial charge in [-0.25, -0.2) is 0 Å². The fraction of sp³-hybridized carbons (Fsp3) is 0. The van der Waals surface area contributed by atoms with Crippen LogP contribution in [0.3, 0.4) is 0 Å². The zero-order valence-corrected chi connectivity index (χ0v) is 24.4. The van der Waals surface area contributed by atoms with Crippen LogP contribution >= 0.6 is 0 Å². The van der Waals surface area contributed by atoms with E-state index in [2.05, 4.69) is 150 Å². The summed E-state index contributed by atoms with van der Waals surface area (Å²) in [5.74, 6) is 0. The minimum Gasteiger partial charge on any atom is -0.456 e. The topological polar surface area (TPSA) is 29.5 Å². The minimum atomic E-state index is 0.848. The number of fused-ring (bicyclic) bond motifs is 6. The fourth-order valence-electron chi connectivity index (χ4n) is 6.61. The Morgan fingerprint density at radius 1 is 0.333 bits per heavy atom. The Morgan fingerprint density at radius 3 is 1.53 bits per heavy atom. The maximum atomic E-state index is 6.57. The molecule has 2 aromatic heterocycles. The molecule has 0 unspecified atom stereocenters. The van der Waals surface area contributed by atoms with E-state index in [1.54, 1.807) is 0 Å². The second-order valence-corrected chi connectivity index (χ2v) is 11.3. The molecule has 3 heteroatoms. The molecule has 9 aromatic rings. The third-order valence-electron chi connectivity index (χ3n) is 8.66. The van der Waals surface area contributed by atoms with Crippen LogP contribution in [-0.2, 0) is 0 Å². The summed E-state index contributed by atoms with van der Waals surface area (Å²) >= 11 is 0. The fourth-order valence-corrected chi connectivity index (χ4v) is 6.61. The highest BCUT2D eigenvalue weighted by Gasteiger charge is 2.23. The van der Waals surface area contributed by atoms with Gasteiger partial charge in [-0.3, -0.25) is 0 Å². The summed E-state index contributed by atoms with van der Waals surface area (Å²) in [6.45, 7) is 0. The Hall–Kier alpha value is -6.06. The maximum Gasteiger partial charge on any atom is 0.137 e. The molecular weight excluding hydrogens is 550 g/mol. The lowest BCUT2D eigenvalue weighted by Gasteiger charge is -2.27. The zero-order chi connectivity index (χ0) is 29.7. The Labute approximate surface area is 260 Å². The minimum absolute atomic E-state index is 0.848. The summed E-state index contributed by atoms with van der Waals surface area (Å²) in [4.78, 5) is 2.36.